The van der Waals surface area contributed by atoms with Gasteiger partial charge < -0.3 is 9.84 Å². The van der Waals surface area contributed by atoms with Crippen LogP contribution in [0.1, 0.15) is 17.4 Å². The van der Waals surface area contributed by atoms with Gasteiger partial charge in [0.25, 0.3) is 5.69 Å². The molecule has 0 spiro atoms. The highest BCUT2D eigenvalue weighted by Crippen LogP contribution is 2.23. The van der Waals surface area contributed by atoms with Crippen molar-refractivity contribution in [3.8, 4) is 5.75 Å². The predicted octanol–water partition coefficient (Wildman–Crippen LogP) is 3.43. The summed E-state index contributed by atoms with van der Waals surface area (Å²) in [6, 6.07) is 15.3. The maximum atomic E-state index is 10.7. The molecule has 1 aromatic heterocycles. The fourth-order valence-corrected chi connectivity index (χ4v) is 2.52. The van der Waals surface area contributed by atoms with E-state index in [4.69, 9.17) is 4.74 Å². The molecule has 6 heteroatoms. The molecule has 1 heterocycles. The molecular weight excluding hydrogens is 308 g/mol. The van der Waals surface area contributed by atoms with E-state index in [1.165, 1.54) is 12.1 Å². The lowest BCUT2D eigenvalue weighted by Crippen LogP contribution is -2.03. The third kappa shape index (κ3) is 3.33. The van der Waals surface area contributed by atoms with Crippen molar-refractivity contribution in [1.29, 1.82) is 0 Å². The van der Waals surface area contributed by atoms with Crippen molar-refractivity contribution in [2.45, 2.75) is 12.5 Å². The molecule has 6 nitrogen and oxygen atoms in total. The Bertz CT molecular complexity index is 878. The van der Waals surface area contributed by atoms with Gasteiger partial charge in [0.05, 0.1) is 23.7 Å². The molecule has 1 N–H and O–H groups in total. The molecular formula is C18H16N2O4. The summed E-state index contributed by atoms with van der Waals surface area (Å²) in [6.45, 7) is 0. The molecule has 0 aliphatic carbocycles. The maximum Gasteiger partial charge on any atom is 0.269 e. The van der Waals surface area contributed by atoms with Crippen molar-refractivity contribution < 1.29 is 14.8 Å². The average Bonchev–Trinajstić information content (AvgIpc) is 2.61. The SMILES string of the molecule is COc1ccc2nc(CC(O)c3ccc([N+](=O)[O-])cc3)ccc2c1. The second kappa shape index (κ2) is 6.64. The molecule has 0 amide bonds. The van der Waals surface area contributed by atoms with E-state index in [2.05, 4.69) is 4.98 Å². The normalized spacial score (nSPS) is 12.1. The molecule has 3 aromatic rings. The number of aromatic nitrogens is 1. The Morgan fingerprint density at radius 2 is 1.92 bits per heavy atom. The molecule has 2 aromatic carbocycles. The minimum atomic E-state index is -0.769. The number of non-ortho nitro benzene ring substituents is 1. The number of nitro groups is 1. The van der Waals surface area contributed by atoms with Crippen molar-refractivity contribution in [3.63, 3.8) is 0 Å². The highest BCUT2D eigenvalue weighted by Gasteiger charge is 2.12. The number of aliphatic hydroxyl groups excluding tert-OH is 1. The number of hydrogen-bond donors (Lipinski definition) is 1. The number of aliphatic hydroxyl groups is 1. The first-order valence-corrected chi connectivity index (χ1v) is 7.43. The molecule has 0 saturated heterocycles. The van der Waals surface area contributed by atoms with Crippen LogP contribution in [0.15, 0.2) is 54.6 Å². The Morgan fingerprint density at radius 1 is 1.17 bits per heavy atom. The van der Waals surface area contributed by atoms with Crippen molar-refractivity contribution in [1.82, 2.24) is 4.98 Å². The molecule has 0 aliphatic heterocycles. The highest BCUT2D eigenvalue weighted by atomic mass is 16.6. The molecule has 1 unspecified atom stereocenters. The summed E-state index contributed by atoms with van der Waals surface area (Å²) in [7, 11) is 1.61. The number of benzene rings is 2. The predicted molar refractivity (Wildman–Crippen MR) is 90.1 cm³/mol. The van der Waals surface area contributed by atoms with E-state index in [1.54, 1.807) is 19.2 Å². The van der Waals surface area contributed by atoms with Crippen molar-refractivity contribution in [3.05, 3.63) is 76.0 Å². The smallest absolute Gasteiger partial charge is 0.269 e. The van der Waals surface area contributed by atoms with E-state index in [-0.39, 0.29) is 5.69 Å². The standard InChI is InChI=1S/C18H16N2O4/c1-24-16-8-9-17-13(10-16)2-5-14(19-17)11-18(21)12-3-6-15(7-4-12)20(22)23/h2-10,18,21H,11H2,1H3. The second-order valence-electron chi connectivity index (χ2n) is 5.43. The zero-order valence-corrected chi connectivity index (χ0v) is 13.0. The molecule has 122 valence electrons. The van der Waals surface area contributed by atoms with Crippen LogP contribution < -0.4 is 4.74 Å². The van der Waals surface area contributed by atoms with Gasteiger partial charge in [-0.2, -0.15) is 0 Å². The molecule has 0 saturated carbocycles. The van der Waals surface area contributed by atoms with Gasteiger partial charge in [0, 0.05) is 29.6 Å². The summed E-state index contributed by atoms with van der Waals surface area (Å²) in [6.07, 6.45) is -0.436. The van der Waals surface area contributed by atoms with Crippen LogP contribution in [0.5, 0.6) is 5.75 Å². The lowest BCUT2D eigenvalue weighted by molar-refractivity contribution is -0.384. The van der Waals surface area contributed by atoms with Gasteiger partial charge in [0.1, 0.15) is 5.75 Å². The lowest BCUT2D eigenvalue weighted by Gasteiger charge is -2.11. The third-order valence-electron chi connectivity index (χ3n) is 3.85. The van der Waals surface area contributed by atoms with Gasteiger partial charge in [-0.25, -0.2) is 0 Å². The summed E-state index contributed by atoms with van der Waals surface area (Å²) in [5.41, 5.74) is 2.20. The zero-order valence-electron chi connectivity index (χ0n) is 13.0. The Hall–Kier alpha value is -2.99. The number of rotatable bonds is 5. The fraction of sp³-hybridized carbons (Fsp3) is 0.167. The van der Waals surface area contributed by atoms with Gasteiger partial charge in [-0.05, 0) is 42.0 Å². The third-order valence-corrected chi connectivity index (χ3v) is 3.85. The zero-order chi connectivity index (χ0) is 17.1. The number of ether oxygens (including phenoxy) is 1. The average molecular weight is 324 g/mol. The van der Waals surface area contributed by atoms with Crippen LogP contribution in [0.25, 0.3) is 10.9 Å². The maximum absolute atomic E-state index is 10.7. The summed E-state index contributed by atoms with van der Waals surface area (Å²) in [5, 5.41) is 22.0. The van der Waals surface area contributed by atoms with Gasteiger partial charge in [-0.3, -0.25) is 15.1 Å². The van der Waals surface area contributed by atoms with Crippen LogP contribution >= 0.6 is 0 Å². The monoisotopic (exact) mass is 324 g/mol. The van der Waals surface area contributed by atoms with Gasteiger partial charge in [0.15, 0.2) is 0 Å². The van der Waals surface area contributed by atoms with Gasteiger partial charge in [-0.1, -0.05) is 6.07 Å². The molecule has 0 aliphatic rings. The number of nitrogens with zero attached hydrogens (tertiary/aromatic N) is 2. The Labute approximate surface area is 138 Å². The number of nitro benzene ring substituents is 1. The molecule has 3 rings (SSSR count). The van der Waals surface area contributed by atoms with Crippen LogP contribution in [-0.2, 0) is 6.42 Å². The van der Waals surface area contributed by atoms with Crippen LogP contribution in [-0.4, -0.2) is 22.1 Å². The van der Waals surface area contributed by atoms with Crippen molar-refractivity contribution >= 4 is 16.6 Å². The minimum Gasteiger partial charge on any atom is -0.497 e. The molecule has 0 fully saturated rings. The number of fused-ring (bicyclic) bond motifs is 1. The van der Waals surface area contributed by atoms with Crippen LogP contribution in [0.3, 0.4) is 0 Å². The van der Waals surface area contributed by atoms with Gasteiger partial charge in [0.2, 0.25) is 0 Å². The highest BCUT2D eigenvalue weighted by molar-refractivity contribution is 5.80. The first-order valence-electron chi connectivity index (χ1n) is 7.43. The first-order chi connectivity index (χ1) is 11.6. The van der Waals surface area contributed by atoms with Crippen LogP contribution in [0.2, 0.25) is 0 Å². The number of pyridine rings is 1. The largest absolute Gasteiger partial charge is 0.497 e. The number of hydrogen-bond acceptors (Lipinski definition) is 5. The molecule has 0 bridgehead atoms. The number of methoxy groups -OCH3 is 1. The minimum absolute atomic E-state index is 0.00345. The summed E-state index contributed by atoms with van der Waals surface area (Å²) < 4.78 is 5.19. The van der Waals surface area contributed by atoms with Crippen molar-refractivity contribution in [2.24, 2.45) is 0 Å². The summed E-state index contributed by atoms with van der Waals surface area (Å²) in [5.74, 6) is 0.767. The fourth-order valence-electron chi connectivity index (χ4n) is 2.52. The van der Waals surface area contributed by atoms with Crippen LogP contribution in [0, 0.1) is 10.1 Å². The van der Waals surface area contributed by atoms with E-state index in [0.29, 0.717) is 12.0 Å². The Balaban J connectivity index is 1.79. The van der Waals surface area contributed by atoms with Gasteiger partial charge in [-0.15, -0.1) is 0 Å². The van der Waals surface area contributed by atoms with E-state index < -0.39 is 11.0 Å². The first kappa shape index (κ1) is 15.9. The van der Waals surface area contributed by atoms with E-state index in [0.717, 1.165) is 22.3 Å². The molecule has 24 heavy (non-hydrogen) atoms. The molecule has 1 atom stereocenters. The van der Waals surface area contributed by atoms with Crippen molar-refractivity contribution in [2.75, 3.05) is 7.11 Å². The summed E-state index contributed by atoms with van der Waals surface area (Å²) in [4.78, 5) is 14.7. The van der Waals surface area contributed by atoms with E-state index in [1.807, 2.05) is 30.3 Å². The lowest BCUT2D eigenvalue weighted by atomic mass is 10.0. The van der Waals surface area contributed by atoms with E-state index in [9.17, 15) is 15.2 Å². The van der Waals surface area contributed by atoms with E-state index >= 15 is 0 Å². The molecule has 0 radical (unpaired) electrons. The topological polar surface area (TPSA) is 85.5 Å². The van der Waals surface area contributed by atoms with Gasteiger partial charge >= 0.3 is 0 Å². The second-order valence-corrected chi connectivity index (χ2v) is 5.43. The Morgan fingerprint density at radius 3 is 2.58 bits per heavy atom. The summed E-state index contributed by atoms with van der Waals surface area (Å²) >= 11 is 0. The van der Waals surface area contributed by atoms with Crippen LogP contribution in [0.4, 0.5) is 5.69 Å². The quantitative estimate of drug-likeness (QED) is 0.574. The Kier molecular flexibility index (Phi) is 4.39.